The van der Waals surface area contributed by atoms with Crippen LogP contribution in [0, 0.1) is 11.3 Å². The molecule has 0 aromatic heterocycles. The summed E-state index contributed by atoms with van der Waals surface area (Å²) in [7, 11) is 0. The lowest BCUT2D eigenvalue weighted by molar-refractivity contribution is 0.0347. The molecule has 0 aliphatic carbocycles. The van der Waals surface area contributed by atoms with Crippen molar-refractivity contribution in [2.24, 2.45) is 4.99 Å². The van der Waals surface area contributed by atoms with Crippen molar-refractivity contribution in [3.8, 4) is 6.07 Å². The summed E-state index contributed by atoms with van der Waals surface area (Å²) in [5.74, 6) is 0.764. The third-order valence-corrected chi connectivity index (χ3v) is 3.70. The van der Waals surface area contributed by atoms with Gasteiger partial charge in [0.05, 0.1) is 37.5 Å². The zero-order chi connectivity index (χ0) is 17.2. The van der Waals surface area contributed by atoms with E-state index >= 15 is 0 Å². The van der Waals surface area contributed by atoms with E-state index in [-0.39, 0.29) is 12.1 Å². The van der Waals surface area contributed by atoms with Crippen molar-refractivity contribution >= 4 is 5.96 Å². The Balaban J connectivity index is 1.83. The van der Waals surface area contributed by atoms with E-state index in [9.17, 15) is 0 Å². The van der Waals surface area contributed by atoms with E-state index in [2.05, 4.69) is 28.6 Å². The molecule has 1 heterocycles. The molecule has 1 aromatic carbocycles. The minimum absolute atomic E-state index is 0.157. The van der Waals surface area contributed by atoms with Crippen LogP contribution in [0.3, 0.4) is 0 Å². The largest absolute Gasteiger partial charge is 0.379 e. The molecule has 1 aliphatic rings. The fourth-order valence-electron chi connectivity index (χ4n) is 2.37. The Morgan fingerprint density at radius 3 is 2.88 bits per heavy atom. The van der Waals surface area contributed by atoms with Gasteiger partial charge in [-0.2, -0.15) is 5.26 Å². The highest BCUT2D eigenvalue weighted by atomic mass is 16.5. The highest BCUT2D eigenvalue weighted by molar-refractivity contribution is 5.80. The number of hydrogen-bond donors (Lipinski definition) is 2. The number of guanidine groups is 1. The van der Waals surface area contributed by atoms with Gasteiger partial charge in [-0.3, -0.25) is 0 Å². The van der Waals surface area contributed by atoms with Crippen molar-refractivity contribution in [1.29, 1.82) is 5.26 Å². The molecule has 0 bridgehead atoms. The second-order valence-corrected chi connectivity index (χ2v) is 5.87. The number of nitrogens with zero attached hydrogens (tertiary/aromatic N) is 2. The van der Waals surface area contributed by atoms with Gasteiger partial charge in [-0.05, 0) is 38.0 Å². The first-order chi connectivity index (χ1) is 11.7. The Hall–Kier alpha value is -2.10. The van der Waals surface area contributed by atoms with Gasteiger partial charge in [0, 0.05) is 19.2 Å². The smallest absolute Gasteiger partial charge is 0.191 e. The predicted octanol–water partition coefficient (Wildman–Crippen LogP) is 1.81. The third-order valence-electron chi connectivity index (χ3n) is 3.70. The van der Waals surface area contributed by atoms with Gasteiger partial charge in [0.15, 0.2) is 5.96 Å². The summed E-state index contributed by atoms with van der Waals surface area (Å²) in [4.78, 5) is 4.59. The van der Waals surface area contributed by atoms with E-state index in [0.29, 0.717) is 25.3 Å². The number of benzene rings is 1. The second-order valence-electron chi connectivity index (χ2n) is 5.87. The zero-order valence-corrected chi connectivity index (χ0v) is 14.4. The predicted molar refractivity (Wildman–Crippen MR) is 93.7 cm³/mol. The zero-order valence-electron chi connectivity index (χ0n) is 14.4. The summed E-state index contributed by atoms with van der Waals surface area (Å²) in [6, 6.07) is 9.76. The molecule has 0 spiro atoms. The maximum Gasteiger partial charge on any atom is 0.191 e. The lowest BCUT2D eigenvalue weighted by atomic mass is 10.1. The molecule has 2 unspecified atom stereocenters. The van der Waals surface area contributed by atoms with Crippen molar-refractivity contribution in [1.82, 2.24) is 10.6 Å². The molecule has 2 N–H and O–H groups in total. The van der Waals surface area contributed by atoms with Gasteiger partial charge in [0.2, 0.25) is 0 Å². The SMILES string of the molecule is CCNC(=NCc1ccc(C#N)cc1)NC(C)COC1CCOC1. The first kappa shape index (κ1) is 18.2. The molecule has 0 amide bonds. The minimum Gasteiger partial charge on any atom is -0.379 e. The molecule has 2 atom stereocenters. The molecule has 24 heavy (non-hydrogen) atoms. The van der Waals surface area contributed by atoms with Crippen LogP contribution < -0.4 is 10.6 Å². The number of rotatable bonds is 7. The molecule has 2 rings (SSSR count). The highest BCUT2D eigenvalue weighted by Crippen LogP contribution is 2.08. The van der Waals surface area contributed by atoms with Gasteiger partial charge in [-0.25, -0.2) is 4.99 Å². The summed E-state index contributed by atoms with van der Waals surface area (Å²) in [6.07, 6.45) is 1.19. The Labute approximate surface area is 143 Å². The number of ether oxygens (including phenoxy) is 2. The van der Waals surface area contributed by atoms with Crippen LogP contribution in [0.2, 0.25) is 0 Å². The summed E-state index contributed by atoms with van der Waals surface area (Å²) in [6.45, 7) is 7.57. The Morgan fingerprint density at radius 1 is 1.46 bits per heavy atom. The van der Waals surface area contributed by atoms with Gasteiger partial charge in [0.25, 0.3) is 0 Å². The first-order valence-electron chi connectivity index (χ1n) is 8.44. The molecule has 6 heteroatoms. The number of nitriles is 1. The van der Waals surface area contributed by atoms with Crippen LogP contribution >= 0.6 is 0 Å². The molecule has 1 aliphatic heterocycles. The van der Waals surface area contributed by atoms with Crippen LogP contribution in [0.1, 0.15) is 31.4 Å². The molecule has 1 fully saturated rings. The van der Waals surface area contributed by atoms with Crippen LogP contribution in [-0.2, 0) is 16.0 Å². The second kappa shape index (κ2) is 9.91. The van der Waals surface area contributed by atoms with Crippen LogP contribution in [0.4, 0.5) is 0 Å². The number of hydrogen-bond acceptors (Lipinski definition) is 4. The minimum atomic E-state index is 0.157. The molecule has 1 aromatic rings. The lowest BCUT2D eigenvalue weighted by Gasteiger charge is -2.19. The molecular formula is C18H26N4O2. The fourth-order valence-corrected chi connectivity index (χ4v) is 2.37. The molecule has 0 radical (unpaired) electrons. The molecule has 6 nitrogen and oxygen atoms in total. The van der Waals surface area contributed by atoms with Crippen LogP contribution in [-0.4, -0.2) is 44.5 Å². The van der Waals surface area contributed by atoms with E-state index in [4.69, 9.17) is 14.7 Å². The summed E-state index contributed by atoms with van der Waals surface area (Å²) < 4.78 is 11.1. The van der Waals surface area contributed by atoms with Crippen molar-refractivity contribution in [2.75, 3.05) is 26.4 Å². The van der Waals surface area contributed by atoms with Crippen LogP contribution in [0.25, 0.3) is 0 Å². The van der Waals surface area contributed by atoms with E-state index in [1.54, 1.807) is 0 Å². The standard InChI is InChI=1S/C18H26N4O2/c1-3-20-18(21-11-16-6-4-15(10-19)5-7-16)22-14(2)12-24-17-8-9-23-13-17/h4-7,14,17H,3,8-9,11-13H2,1-2H3,(H2,20,21,22). The highest BCUT2D eigenvalue weighted by Gasteiger charge is 2.17. The monoisotopic (exact) mass is 330 g/mol. The van der Waals surface area contributed by atoms with Crippen LogP contribution in [0.15, 0.2) is 29.3 Å². The average molecular weight is 330 g/mol. The van der Waals surface area contributed by atoms with Gasteiger partial charge in [-0.1, -0.05) is 12.1 Å². The maximum absolute atomic E-state index is 8.83. The summed E-state index contributed by atoms with van der Waals surface area (Å²) in [5.41, 5.74) is 1.73. The summed E-state index contributed by atoms with van der Waals surface area (Å²) >= 11 is 0. The topological polar surface area (TPSA) is 78.7 Å². The van der Waals surface area contributed by atoms with E-state index in [0.717, 1.165) is 31.1 Å². The van der Waals surface area contributed by atoms with Crippen LogP contribution in [0.5, 0.6) is 0 Å². The number of nitrogens with one attached hydrogen (secondary N) is 2. The van der Waals surface area contributed by atoms with E-state index in [1.807, 2.05) is 31.2 Å². The van der Waals surface area contributed by atoms with Crippen molar-refractivity contribution in [3.05, 3.63) is 35.4 Å². The van der Waals surface area contributed by atoms with Gasteiger partial charge in [0.1, 0.15) is 0 Å². The first-order valence-corrected chi connectivity index (χ1v) is 8.44. The average Bonchev–Trinajstić information content (AvgIpc) is 3.12. The van der Waals surface area contributed by atoms with Crippen molar-refractivity contribution in [2.45, 2.75) is 39.0 Å². The van der Waals surface area contributed by atoms with E-state index in [1.165, 1.54) is 0 Å². The third kappa shape index (κ3) is 6.19. The van der Waals surface area contributed by atoms with Crippen molar-refractivity contribution in [3.63, 3.8) is 0 Å². The maximum atomic E-state index is 8.83. The molecule has 1 saturated heterocycles. The quantitative estimate of drug-likeness (QED) is 0.589. The fraction of sp³-hybridized carbons (Fsp3) is 0.556. The summed E-state index contributed by atoms with van der Waals surface area (Å²) in [5, 5.41) is 15.4. The van der Waals surface area contributed by atoms with Gasteiger partial charge in [-0.15, -0.1) is 0 Å². The lowest BCUT2D eigenvalue weighted by Crippen LogP contribution is -2.44. The normalized spacial score (nSPS) is 18.9. The number of aliphatic imine (C=N–C) groups is 1. The molecule has 130 valence electrons. The molecular weight excluding hydrogens is 304 g/mol. The Bertz CT molecular complexity index is 559. The Kier molecular flexibility index (Phi) is 7.53. The molecule has 0 saturated carbocycles. The van der Waals surface area contributed by atoms with Gasteiger partial charge < -0.3 is 20.1 Å². The van der Waals surface area contributed by atoms with Crippen molar-refractivity contribution < 1.29 is 9.47 Å². The Morgan fingerprint density at radius 2 is 2.25 bits per heavy atom. The van der Waals surface area contributed by atoms with E-state index < -0.39 is 0 Å². The van der Waals surface area contributed by atoms with Gasteiger partial charge >= 0.3 is 0 Å².